The van der Waals surface area contributed by atoms with Gasteiger partial charge in [0.2, 0.25) is 5.91 Å². The van der Waals surface area contributed by atoms with Gasteiger partial charge in [-0.25, -0.2) is 4.98 Å². The van der Waals surface area contributed by atoms with Crippen LogP contribution in [0.5, 0.6) is 0 Å². The summed E-state index contributed by atoms with van der Waals surface area (Å²) in [6.45, 7) is 7.92. The highest BCUT2D eigenvalue weighted by Gasteiger charge is 2.15. The quantitative estimate of drug-likeness (QED) is 0.870. The average molecular weight is 327 g/mol. The molecule has 0 saturated carbocycles. The van der Waals surface area contributed by atoms with Gasteiger partial charge in [0.25, 0.3) is 0 Å². The Labute approximate surface area is 141 Å². The molecular formula is C18H21N3OS. The van der Waals surface area contributed by atoms with Crippen LogP contribution in [0.1, 0.15) is 38.8 Å². The SMILES string of the molecule is CCc1ccc2nc(SCC(=O)NC(C)(C)C)c(C#N)cc2c1. The van der Waals surface area contributed by atoms with Gasteiger partial charge in [0.1, 0.15) is 11.1 Å². The van der Waals surface area contributed by atoms with E-state index in [1.54, 1.807) is 0 Å². The number of pyridine rings is 1. The molecule has 23 heavy (non-hydrogen) atoms. The zero-order valence-corrected chi connectivity index (χ0v) is 14.8. The molecule has 0 aliphatic carbocycles. The topological polar surface area (TPSA) is 65.8 Å². The van der Waals surface area contributed by atoms with Crippen molar-refractivity contribution in [1.82, 2.24) is 10.3 Å². The van der Waals surface area contributed by atoms with Gasteiger partial charge in [0.15, 0.2) is 0 Å². The summed E-state index contributed by atoms with van der Waals surface area (Å²) in [5.41, 5.74) is 2.32. The number of nitriles is 1. The van der Waals surface area contributed by atoms with Crippen LogP contribution in [0.4, 0.5) is 0 Å². The van der Waals surface area contributed by atoms with E-state index >= 15 is 0 Å². The Kier molecular flexibility index (Phi) is 5.27. The summed E-state index contributed by atoms with van der Waals surface area (Å²) in [7, 11) is 0. The van der Waals surface area contributed by atoms with E-state index in [1.165, 1.54) is 17.3 Å². The van der Waals surface area contributed by atoms with Gasteiger partial charge >= 0.3 is 0 Å². The van der Waals surface area contributed by atoms with Crippen molar-refractivity contribution in [3.8, 4) is 6.07 Å². The van der Waals surface area contributed by atoms with Crippen LogP contribution in [-0.4, -0.2) is 22.2 Å². The van der Waals surface area contributed by atoms with Gasteiger partial charge in [-0.05, 0) is 51.0 Å². The number of carbonyl (C=O) groups excluding carboxylic acids is 1. The predicted octanol–water partition coefficient (Wildman–Crippen LogP) is 3.68. The maximum absolute atomic E-state index is 11.9. The molecule has 5 heteroatoms. The van der Waals surface area contributed by atoms with Crippen LogP contribution in [0.3, 0.4) is 0 Å². The van der Waals surface area contributed by atoms with Crippen molar-refractivity contribution in [2.45, 2.75) is 44.7 Å². The molecule has 0 aliphatic rings. The van der Waals surface area contributed by atoms with Crippen molar-refractivity contribution in [1.29, 1.82) is 5.26 Å². The van der Waals surface area contributed by atoms with Gasteiger partial charge in [-0.1, -0.05) is 24.8 Å². The molecule has 0 atom stereocenters. The Hall–Kier alpha value is -2.06. The molecule has 120 valence electrons. The number of benzene rings is 1. The minimum absolute atomic E-state index is 0.0605. The second-order valence-electron chi connectivity index (χ2n) is 6.42. The molecular weight excluding hydrogens is 306 g/mol. The van der Waals surface area contributed by atoms with Crippen LogP contribution in [0.25, 0.3) is 10.9 Å². The fourth-order valence-corrected chi connectivity index (χ4v) is 2.97. The molecule has 1 N–H and O–H groups in total. The predicted molar refractivity (Wildman–Crippen MR) is 94.5 cm³/mol. The molecule has 0 spiro atoms. The number of amides is 1. The Morgan fingerprint density at radius 1 is 1.35 bits per heavy atom. The molecule has 0 fully saturated rings. The Bertz CT molecular complexity index is 772. The van der Waals surface area contributed by atoms with Gasteiger partial charge in [-0.3, -0.25) is 4.79 Å². The van der Waals surface area contributed by atoms with E-state index in [0.717, 1.165) is 17.3 Å². The minimum atomic E-state index is -0.261. The van der Waals surface area contributed by atoms with Crippen LogP contribution in [-0.2, 0) is 11.2 Å². The van der Waals surface area contributed by atoms with Crippen molar-refractivity contribution in [2.24, 2.45) is 0 Å². The number of aromatic nitrogens is 1. The average Bonchev–Trinajstić information content (AvgIpc) is 2.49. The number of hydrogen-bond acceptors (Lipinski definition) is 4. The maximum atomic E-state index is 11.9. The maximum Gasteiger partial charge on any atom is 0.230 e. The summed E-state index contributed by atoms with van der Waals surface area (Å²) in [5, 5.41) is 13.8. The Morgan fingerprint density at radius 3 is 2.70 bits per heavy atom. The van der Waals surface area contributed by atoms with Crippen molar-refractivity contribution < 1.29 is 4.79 Å². The first-order chi connectivity index (χ1) is 10.8. The second kappa shape index (κ2) is 7.01. The van der Waals surface area contributed by atoms with Gasteiger partial charge in [0.05, 0.1) is 16.8 Å². The summed E-state index contributed by atoms with van der Waals surface area (Å²) in [4.78, 5) is 16.5. The number of aryl methyl sites for hydroxylation is 1. The van der Waals surface area contributed by atoms with Gasteiger partial charge in [-0.15, -0.1) is 0 Å². The number of fused-ring (bicyclic) bond motifs is 1. The van der Waals surface area contributed by atoms with Crippen LogP contribution in [0.2, 0.25) is 0 Å². The summed E-state index contributed by atoms with van der Waals surface area (Å²) in [6, 6.07) is 10.1. The fourth-order valence-electron chi connectivity index (χ4n) is 2.21. The normalized spacial score (nSPS) is 11.3. The molecule has 1 heterocycles. The third-order valence-corrected chi connectivity index (χ3v) is 4.22. The van der Waals surface area contributed by atoms with E-state index in [-0.39, 0.29) is 17.2 Å². The fraction of sp³-hybridized carbons (Fsp3) is 0.389. The summed E-state index contributed by atoms with van der Waals surface area (Å²) >= 11 is 1.30. The van der Waals surface area contributed by atoms with Gasteiger partial charge in [0, 0.05) is 10.9 Å². The molecule has 1 aromatic heterocycles. The molecule has 1 aromatic carbocycles. The number of nitrogens with one attached hydrogen (secondary N) is 1. The first-order valence-corrected chi connectivity index (χ1v) is 8.58. The highest BCUT2D eigenvalue weighted by atomic mass is 32.2. The lowest BCUT2D eigenvalue weighted by molar-refractivity contribution is -0.119. The van der Waals surface area contributed by atoms with E-state index in [9.17, 15) is 10.1 Å². The third kappa shape index (κ3) is 4.70. The Balaban J connectivity index is 2.23. The molecule has 1 amide bonds. The molecule has 0 radical (unpaired) electrons. The standard InChI is InChI=1S/C18H21N3OS/c1-5-12-6-7-15-13(8-12)9-14(10-19)17(20-15)23-11-16(22)21-18(2,3)4/h6-9H,5,11H2,1-4H3,(H,21,22). The first-order valence-electron chi connectivity index (χ1n) is 7.60. The van der Waals surface area contributed by atoms with E-state index in [0.29, 0.717) is 10.6 Å². The minimum Gasteiger partial charge on any atom is -0.351 e. The molecule has 0 saturated heterocycles. The number of rotatable bonds is 4. The summed E-state index contributed by atoms with van der Waals surface area (Å²) < 4.78 is 0. The molecule has 2 rings (SSSR count). The van der Waals surface area contributed by atoms with Crippen molar-refractivity contribution in [3.63, 3.8) is 0 Å². The number of thioether (sulfide) groups is 1. The van der Waals surface area contributed by atoms with E-state index in [2.05, 4.69) is 29.4 Å². The van der Waals surface area contributed by atoms with Crippen molar-refractivity contribution in [2.75, 3.05) is 5.75 Å². The van der Waals surface area contributed by atoms with Crippen molar-refractivity contribution in [3.05, 3.63) is 35.4 Å². The second-order valence-corrected chi connectivity index (χ2v) is 7.38. The molecule has 4 nitrogen and oxygen atoms in total. The summed E-state index contributed by atoms with van der Waals surface area (Å²) in [5.74, 6) is 0.187. The Morgan fingerprint density at radius 2 is 2.09 bits per heavy atom. The van der Waals surface area contributed by atoms with Crippen LogP contribution in [0.15, 0.2) is 29.3 Å². The lowest BCUT2D eigenvalue weighted by atomic mass is 10.1. The lowest BCUT2D eigenvalue weighted by Gasteiger charge is -2.20. The highest BCUT2D eigenvalue weighted by Crippen LogP contribution is 2.25. The van der Waals surface area contributed by atoms with Gasteiger partial charge in [-0.2, -0.15) is 5.26 Å². The first kappa shape index (κ1) is 17.3. The zero-order valence-electron chi connectivity index (χ0n) is 13.9. The van der Waals surface area contributed by atoms with Gasteiger partial charge < -0.3 is 5.32 Å². The van der Waals surface area contributed by atoms with E-state index in [1.807, 2.05) is 39.0 Å². The van der Waals surface area contributed by atoms with Crippen molar-refractivity contribution >= 4 is 28.6 Å². The molecule has 0 bridgehead atoms. The molecule has 0 aliphatic heterocycles. The van der Waals surface area contributed by atoms with Crippen LogP contribution < -0.4 is 5.32 Å². The van der Waals surface area contributed by atoms with E-state index in [4.69, 9.17) is 0 Å². The van der Waals surface area contributed by atoms with Crippen LogP contribution in [0, 0.1) is 11.3 Å². The van der Waals surface area contributed by atoms with E-state index < -0.39 is 0 Å². The lowest BCUT2D eigenvalue weighted by Crippen LogP contribution is -2.41. The third-order valence-electron chi connectivity index (χ3n) is 3.23. The van der Waals surface area contributed by atoms with Crippen LogP contribution >= 0.6 is 11.8 Å². The number of hydrogen-bond donors (Lipinski definition) is 1. The molecule has 0 unspecified atom stereocenters. The highest BCUT2D eigenvalue weighted by molar-refractivity contribution is 8.00. The number of carbonyl (C=O) groups is 1. The largest absolute Gasteiger partial charge is 0.351 e. The number of nitrogens with zero attached hydrogens (tertiary/aromatic N) is 2. The smallest absolute Gasteiger partial charge is 0.230 e. The zero-order chi connectivity index (χ0) is 17.0. The monoisotopic (exact) mass is 327 g/mol. The summed E-state index contributed by atoms with van der Waals surface area (Å²) in [6.07, 6.45) is 0.946. The molecule has 2 aromatic rings.